The summed E-state index contributed by atoms with van der Waals surface area (Å²) in [5, 5.41) is 16.4. The third-order valence-corrected chi connectivity index (χ3v) is 8.45. The lowest BCUT2D eigenvalue weighted by Crippen LogP contribution is -2.55. The van der Waals surface area contributed by atoms with Crippen molar-refractivity contribution in [2.75, 3.05) is 6.54 Å². The Balaban J connectivity index is 1.75. The summed E-state index contributed by atoms with van der Waals surface area (Å²) in [6.45, 7) is 12.6. The van der Waals surface area contributed by atoms with Crippen molar-refractivity contribution in [1.82, 2.24) is 16.1 Å². The van der Waals surface area contributed by atoms with Crippen LogP contribution in [0.25, 0.3) is 0 Å². The number of hydrazine groups is 1. The predicted molar refractivity (Wildman–Crippen MR) is 167 cm³/mol. The Bertz CT molecular complexity index is 1170. The van der Waals surface area contributed by atoms with Gasteiger partial charge in [-0.25, -0.2) is 15.1 Å². The third kappa shape index (κ3) is 10.1. The van der Waals surface area contributed by atoms with Crippen LogP contribution in [0.2, 0.25) is 5.02 Å². The number of nitrogens with two attached hydrogens (primary N) is 1. The standard InChI is InChI=1S/C29H46BClN6O6/c1-18(2)16-24(30-42-23-13-14-28(4,5)17-29(23,6)43-30)35-26(39)22(8-7-15-33-27(32)36-37(40)41)34-25(38)19(3)20-9-11-21(31)12-10-20/h9-12,18-19,22-24H,7-8,13-17H2,1-6H3,(H,34,38)(H,35,39)(H3,32,33,36)/t19?,22-,23+,24-,29-/m0/s1. The topological polar surface area (TPSA) is 170 Å². The first kappa shape index (κ1) is 34.6. The number of hydrogen-bond acceptors (Lipinski definition) is 7. The Morgan fingerprint density at radius 1 is 1.19 bits per heavy atom. The molecule has 1 aliphatic heterocycles. The van der Waals surface area contributed by atoms with Gasteiger partial charge in [-0.05, 0) is 81.4 Å². The molecule has 1 aromatic carbocycles. The maximum Gasteiger partial charge on any atom is 0.481 e. The molecule has 2 fully saturated rings. The quantitative estimate of drug-likeness (QED) is 0.0645. The highest BCUT2D eigenvalue weighted by Gasteiger charge is 2.55. The summed E-state index contributed by atoms with van der Waals surface area (Å²) in [5.74, 6) is -1.75. The van der Waals surface area contributed by atoms with Crippen molar-refractivity contribution in [1.29, 1.82) is 0 Å². The second kappa shape index (κ2) is 14.7. The van der Waals surface area contributed by atoms with Gasteiger partial charge in [0.05, 0.1) is 23.6 Å². The summed E-state index contributed by atoms with van der Waals surface area (Å²) in [6.07, 6.45) is 3.93. The van der Waals surface area contributed by atoms with Crippen LogP contribution in [0.5, 0.6) is 0 Å². The van der Waals surface area contributed by atoms with Crippen molar-refractivity contribution in [3.63, 3.8) is 0 Å². The summed E-state index contributed by atoms with van der Waals surface area (Å²) in [6, 6.07) is 6.08. The van der Waals surface area contributed by atoms with Gasteiger partial charge in [-0.3, -0.25) is 9.59 Å². The largest absolute Gasteiger partial charge is 0.481 e. The van der Waals surface area contributed by atoms with Crippen LogP contribution in [0, 0.1) is 21.4 Å². The molecule has 14 heteroatoms. The maximum absolute atomic E-state index is 13.8. The second-order valence-corrected chi connectivity index (χ2v) is 13.6. The molecule has 0 bridgehead atoms. The lowest BCUT2D eigenvalue weighted by atomic mass is 9.69. The van der Waals surface area contributed by atoms with E-state index in [9.17, 15) is 19.7 Å². The van der Waals surface area contributed by atoms with Gasteiger partial charge in [-0.1, -0.05) is 56.9 Å². The van der Waals surface area contributed by atoms with E-state index in [1.54, 1.807) is 36.6 Å². The molecule has 5 atom stereocenters. The lowest BCUT2D eigenvalue weighted by Gasteiger charge is -2.43. The Labute approximate surface area is 259 Å². The highest BCUT2D eigenvalue weighted by atomic mass is 35.5. The summed E-state index contributed by atoms with van der Waals surface area (Å²) >= 11 is 6.01. The van der Waals surface area contributed by atoms with Gasteiger partial charge in [0, 0.05) is 11.6 Å². The van der Waals surface area contributed by atoms with Crippen molar-refractivity contribution in [3.8, 4) is 0 Å². The van der Waals surface area contributed by atoms with Gasteiger partial charge in [0.1, 0.15) is 6.04 Å². The maximum atomic E-state index is 13.8. The first-order chi connectivity index (χ1) is 20.1. The number of fused-ring (bicyclic) bond motifs is 1. The number of benzene rings is 1. The molecule has 1 heterocycles. The molecule has 5 N–H and O–H groups in total. The van der Waals surface area contributed by atoms with Gasteiger partial charge >= 0.3 is 7.12 Å². The highest BCUT2D eigenvalue weighted by Crippen LogP contribution is 2.48. The van der Waals surface area contributed by atoms with Crippen LogP contribution in [0.15, 0.2) is 29.3 Å². The molecule has 43 heavy (non-hydrogen) atoms. The number of nitrogens with zero attached hydrogens (tertiary/aromatic N) is 2. The minimum absolute atomic E-state index is 0.0519. The van der Waals surface area contributed by atoms with Crippen LogP contribution in [0.4, 0.5) is 0 Å². The molecular weight excluding hydrogens is 575 g/mol. The Morgan fingerprint density at radius 3 is 2.49 bits per heavy atom. The molecule has 1 saturated carbocycles. The number of nitro groups is 1. The molecule has 2 amide bonds. The molecule has 1 saturated heterocycles. The highest BCUT2D eigenvalue weighted by molar-refractivity contribution is 6.47. The zero-order chi connectivity index (χ0) is 31.9. The number of halogens is 1. The summed E-state index contributed by atoms with van der Waals surface area (Å²) in [7, 11) is -0.614. The van der Waals surface area contributed by atoms with E-state index >= 15 is 0 Å². The number of rotatable bonds is 13. The van der Waals surface area contributed by atoms with Crippen molar-refractivity contribution >= 4 is 36.5 Å². The van der Waals surface area contributed by atoms with Gasteiger partial charge < -0.3 is 25.7 Å². The number of guanidine groups is 1. The van der Waals surface area contributed by atoms with E-state index < -0.39 is 35.7 Å². The van der Waals surface area contributed by atoms with Crippen molar-refractivity contribution < 1.29 is 23.9 Å². The minimum atomic E-state index is -0.894. The molecule has 12 nitrogen and oxygen atoms in total. The monoisotopic (exact) mass is 620 g/mol. The normalized spacial score (nSPS) is 23.7. The van der Waals surface area contributed by atoms with Gasteiger partial charge in [0.2, 0.25) is 11.8 Å². The molecule has 1 unspecified atom stereocenters. The average Bonchev–Trinajstić information content (AvgIpc) is 3.24. The van der Waals surface area contributed by atoms with Crippen LogP contribution >= 0.6 is 11.6 Å². The van der Waals surface area contributed by atoms with E-state index in [0.29, 0.717) is 17.9 Å². The fraction of sp³-hybridized carbons (Fsp3) is 0.690. The first-order valence-electron chi connectivity index (χ1n) is 15.0. The zero-order valence-electron chi connectivity index (χ0n) is 26.0. The number of carbonyl (C=O) groups excluding carboxylic acids is 2. The predicted octanol–water partition coefficient (Wildman–Crippen LogP) is 3.75. The van der Waals surface area contributed by atoms with Crippen LogP contribution in [0.3, 0.4) is 0 Å². The van der Waals surface area contributed by atoms with Crippen molar-refractivity contribution in [2.24, 2.45) is 22.1 Å². The first-order valence-corrected chi connectivity index (χ1v) is 15.4. The summed E-state index contributed by atoms with van der Waals surface area (Å²) in [4.78, 5) is 41.6. The van der Waals surface area contributed by atoms with Gasteiger partial charge in [-0.2, -0.15) is 0 Å². The molecule has 0 aromatic heterocycles. The molecule has 0 spiro atoms. The number of hydrogen-bond donors (Lipinski definition) is 4. The number of aliphatic imine (C=N–C) groups is 1. The fourth-order valence-electron chi connectivity index (χ4n) is 6.06. The van der Waals surface area contributed by atoms with Crippen LogP contribution in [-0.4, -0.2) is 60.2 Å². The second-order valence-electron chi connectivity index (χ2n) is 13.2. The Hall–Kier alpha value is -2.90. The molecule has 0 radical (unpaired) electrons. The summed E-state index contributed by atoms with van der Waals surface area (Å²) in [5.41, 5.74) is 7.76. The number of amides is 2. The van der Waals surface area contributed by atoms with E-state index in [2.05, 4.69) is 50.2 Å². The van der Waals surface area contributed by atoms with Gasteiger partial charge in [-0.15, -0.1) is 0 Å². The van der Waals surface area contributed by atoms with Gasteiger partial charge in [0.15, 0.2) is 5.03 Å². The zero-order valence-corrected chi connectivity index (χ0v) is 26.8. The summed E-state index contributed by atoms with van der Waals surface area (Å²) < 4.78 is 13.0. The minimum Gasteiger partial charge on any atom is -0.404 e. The lowest BCUT2D eigenvalue weighted by molar-refractivity contribution is -0.525. The molecule has 2 aliphatic rings. The van der Waals surface area contributed by atoms with E-state index in [4.69, 9.17) is 26.6 Å². The SMILES string of the molecule is CC(C)C[C@H](NC(=O)[C@H](CCCN=C(N)N[N+](=O)[O-])NC(=O)C(C)c1ccc(Cl)cc1)B1O[C@@H]2CCC(C)(C)C[C@]2(C)O1. The van der Waals surface area contributed by atoms with E-state index in [-0.39, 0.29) is 48.2 Å². The van der Waals surface area contributed by atoms with E-state index in [0.717, 1.165) is 24.8 Å². The molecular formula is C29H46BClN6O6. The Kier molecular flexibility index (Phi) is 11.8. The smallest absolute Gasteiger partial charge is 0.404 e. The molecule has 238 valence electrons. The average molecular weight is 621 g/mol. The van der Waals surface area contributed by atoms with E-state index in [1.165, 1.54) is 0 Å². The van der Waals surface area contributed by atoms with E-state index in [1.807, 2.05) is 0 Å². The molecule has 1 aliphatic carbocycles. The molecule has 1 aromatic rings. The van der Waals surface area contributed by atoms with Crippen molar-refractivity contribution in [3.05, 3.63) is 45.0 Å². The number of nitrogens with one attached hydrogen (secondary N) is 3. The van der Waals surface area contributed by atoms with Crippen LogP contribution in [-0.2, 0) is 18.9 Å². The third-order valence-electron chi connectivity index (χ3n) is 8.19. The van der Waals surface area contributed by atoms with Gasteiger partial charge in [0.25, 0.3) is 5.96 Å². The van der Waals surface area contributed by atoms with Crippen molar-refractivity contribution in [2.45, 2.75) is 110 Å². The molecule has 3 rings (SSSR count). The van der Waals surface area contributed by atoms with Crippen LogP contribution in [0.1, 0.15) is 91.5 Å². The Morgan fingerprint density at radius 2 is 1.86 bits per heavy atom. The fourth-order valence-corrected chi connectivity index (χ4v) is 6.19. The number of carbonyl (C=O) groups is 2. The van der Waals surface area contributed by atoms with Crippen LogP contribution < -0.4 is 21.8 Å².